The summed E-state index contributed by atoms with van der Waals surface area (Å²) in [6.07, 6.45) is 7.92. The van der Waals surface area contributed by atoms with E-state index in [1.54, 1.807) is 21.8 Å². The number of nitrogen functional groups attached to an aromatic ring is 1. The van der Waals surface area contributed by atoms with E-state index in [1.807, 2.05) is 65.5 Å². The van der Waals surface area contributed by atoms with Crippen molar-refractivity contribution in [2.24, 2.45) is 0 Å². The standard InChI is InChI=1S/C35H47N7O5/c1-9-45-20(2)28-29(22-16-24-13-14-25(17-22)40(24)32(43)46-34(3,4)5)39-31-26(19-38-42(31)30(28)36)21-10-15-27(37-18-21)41(23-11-12-23)33(44)47-35(6,7)8/h10,15,18-19,22-25H,2,9,11-14,16-17,36H2,1,3-8H3/t22?,24-,25?/m1/s1. The summed E-state index contributed by atoms with van der Waals surface area (Å²) in [5, 5.41) is 4.61. The Kier molecular flexibility index (Phi) is 8.34. The van der Waals surface area contributed by atoms with E-state index in [1.165, 1.54) is 0 Å². The molecular weight excluding hydrogens is 598 g/mol. The van der Waals surface area contributed by atoms with Crippen molar-refractivity contribution >= 4 is 35.2 Å². The van der Waals surface area contributed by atoms with E-state index < -0.39 is 17.3 Å². The smallest absolute Gasteiger partial charge is 0.416 e. The van der Waals surface area contributed by atoms with E-state index in [-0.39, 0.29) is 30.1 Å². The molecule has 252 valence electrons. The van der Waals surface area contributed by atoms with Gasteiger partial charge in [0.05, 0.1) is 24.1 Å². The van der Waals surface area contributed by atoms with Gasteiger partial charge in [0.1, 0.15) is 28.6 Å². The normalized spacial score (nSPS) is 21.1. The first kappa shape index (κ1) is 32.6. The summed E-state index contributed by atoms with van der Waals surface area (Å²) in [7, 11) is 0. The Balaban J connectivity index is 1.35. The van der Waals surface area contributed by atoms with Crippen molar-refractivity contribution in [2.45, 2.75) is 122 Å². The van der Waals surface area contributed by atoms with Crippen LogP contribution in [0.25, 0.3) is 22.5 Å². The number of fused-ring (bicyclic) bond motifs is 3. The van der Waals surface area contributed by atoms with Crippen LogP contribution >= 0.6 is 0 Å². The van der Waals surface area contributed by atoms with E-state index >= 15 is 0 Å². The second kappa shape index (κ2) is 12.0. The Morgan fingerprint density at radius 2 is 1.66 bits per heavy atom. The lowest BCUT2D eigenvalue weighted by atomic mass is 9.85. The average Bonchev–Trinajstić information content (AvgIpc) is 3.64. The largest absolute Gasteiger partial charge is 0.494 e. The Morgan fingerprint density at radius 1 is 1.00 bits per heavy atom. The number of aromatic nitrogens is 4. The molecule has 1 saturated carbocycles. The molecule has 2 unspecified atom stereocenters. The molecule has 6 rings (SSSR count). The third-order valence-electron chi connectivity index (χ3n) is 8.84. The molecule has 3 aromatic heterocycles. The fraction of sp³-hybridized carbons (Fsp3) is 0.571. The highest BCUT2D eigenvalue weighted by Crippen LogP contribution is 2.46. The molecule has 2 aliphatic heterocycles. The van der Waals surface area contributed by atoms with Gasteiger partial charge in [-0.3, -0.25) is 4.90 Å². The van der Waals surface area contributed by atoms with Gasteiger partial charge in [-0.15, -0.1) is 0 Å². The number of piperidine rings is 1. The number of hydrogen-bond donors (Lipinski definition) is 1. The zero-order valence-electron chi connectivity index (χ0n) is 28.6. The maximum absolute atomic E-state index is 13.2. The van der Waals surface area contributed by atoms with E-state index in [9.17, 15) is 9.59 Å². The predicted molar refractivity (Wildman–Crippen MR) is 180 cm³/mol. The van der Waals surface area contributed by atoms with Crippen molar-refractivity contribution in [3.05, 3.63) is 42.4 Å². The van der Waals surface area contributed by atoms with Crippen LogP contribution < -0.4 is 10.6 Å². The first-order valence-corrected chi connectivity index (χ1v) is 16.6. The molecular formula is C35H47N7O5. The van der Waals surface area contributed by atoms with Crippen LogP contribution in [-0.2, 0) is 14.2 Å². The number of amides is 2. The summed E-state index contributed by atoms with van der Waals surface area (Å²) < 4.78 is 18.9. The van der Waals surface area contributed by atoms with E-state index in [2.05, 4.69) is 16.7 Å². The summed E-state index contributed by atoms with van der Waals surface area (Å²) >= 11 is 0. The fourth-order valence-electron chi connectivity index (χ4n) is 6.84. The summed E-state index contributed by atoms with van der Waals surface area (Å²) in [6, 6.07) is 3.92. The van der Waals surface area contributed by atoms with Crippen molar-refractivity contribution in [2.75, 3.05) is 17.2 Å². The maximum Gasteiger partial charge on any atom is 0.416 e. The molecule has 3 aliphatic rings. The summed E-state index contributed by atoms with van der Waals surface area (Å²) in [6.45, 7) is 17.8. The van der Waals surface area contributed by atoms with E-state index in [0.717, 1.165) is 55.3 Å². The number of pyridine rings is 1. The van der Waals surface area contributed by atoms with Crippen molar-refractivity contribution < 1.29 is 23.8 Å². The van der Waals surface area contributed by atoms with Gasteiger partial charge in [-0.1, -0.05) is 6.58 Å². The molecule has 0 radical (unpaired) electrons. The Hall–Kier alpha value is -4.35. The van der Waals surface area contributed by atoms with Crippen LogP contribution in [0.3, 0.4) is 0 Å². The van der Waals surface area contributed by atoms with Crippen LogP contribution in [-0.4, -0.2) is 72.6 Å². The molecule has 12 heteroatoms. The molecule has 1 aliphatic carbocycles. The van der Waals surface area contributed by atoms with Crippen molar-refractivity contribution in [1.82, 2.24) is 24.5 Å². The Labute approximate surface area is 276 Å². The monoisotopic (exact) mass is 645 g/mol. The minimum Gasteiger partial charge on any atom is -0.494 e. The lowest BCUT2D eigenvalue weighted by Gasteiger charge is -2.39. The average molecular weight is 646 g/mol. The lowest BCUT2D eigenvalue weighted by Crippen LogP contribution is -2.48. The van der Waals surface area contributed by atoms with Gasteiger partial charge in [-0.05, 0) is 99.1 Å². The summed E-state index contributed by atoms with van der Waals surface area (Å²) in [4.78, 5) is 39.7. The number of carbonyl (C=O) groups is 2. The molecule has 3 fully saturated rings. The first-order valence-electron chi connectivity index (χ1n) is 16.6. The highest BCUT2D eigenvalue weighted by molar-refractivity contribution is 5.89. The molecule has 5 heterocycles. The zero-order chi connectivity index (χ0) is 33.8. The van der Waals surface area contributed by atoms with Crippen LogP contribution in [0.2, 0.25) is 0 Å². The van der Waals surface area contributed by atoms with Gasteiger partial charge >= 0.3 is 12.2 Å². The van der Waals surface area contributed by atoms with Crippen LogP contribution in [0.5, 0.6) is 0 Å². The van der Waals surface area contributed by atoms with Gasteiger partial charge < -0.3 is 24.8 Å². The fourth-order valence-corrected chi connectivity index (χ4v) is 6.84. The molecule has 2 N–H and O–H groups in total. The topological polar surface area (TPSA) is 137 Å². The number of nitrogens with two attached hydrogens (primary N) is 1. The van der Waals surface area contributed by atoms with Crippen molar-refractivity contribution in [3.63, 3.8) is 0 Å². The highest BCUT2D eigenvalue weighted by Gasteiger charge is 2.46. The molecule has 12 nitrogen and oxygen atoms in total. The van der Waals surface area contributed by atoms with Crippen LogP contribution in [0.1, 0.15) is 104 Å². The molecule has 2 amide bonds. The summed E-state index contributed by atoms with van der Waals surface area (Å²) in [5.41, 5.74) is 9.24. The minimum absolute atomic E-state index is 0.0230. The maximum atomic E-state index is 13.2. The summed E-state index contributed by atoms with van der Waals surface area (Å²) in [5.74, 6) is 1.40. The number of nitrogens with zero attached hydrogens (tertiary/aromatic N) is 6. The zero-order valence-corrected chi connectivity index (χ0v) is 28.6. The van der Waals surface area contributed by atoms with Crippen LogP contribution in [0.4, 0.5) is 21.2 Å². The molecule has 2 saturated heterocycles. The SMILES string of the molecule is C=C(OCC)c1c(C2CC3CC[C@H](C2)N3C(=O)OC(C)(C)C)nc2c(-c3ccc(N(C(=O)OC(C)(C)C)C4CC4)nc3)cnn2c1N. The molecule has 3 aromatic rings. The van der Waals surface area contributed by atoms with E-state index in [4.69, 9.17) is 24.9 Å². The highest BCUT2D eigenvalue weighted by atomic mass is 16.6. The second-order valence-electron chi connectivity index (χ2n) is 14.8. The van der Waals surface area contributed by atoms with Gasteiger partial charge in [-0.25, -0.2) is 19.6 Å². The number of hydrogen-bond acceptors (Lipinski definition) is 9. The number of rotatable bonds is 7. The molecule has 47 heavy (non-hydrogen) atoms. The number of ether oxygens (including phenoxy) is 3. The molecule has 2 bridgehead atoms. The van der Waals surface area contributed by atoms with Gasteiger partial charge in [0.2, 0.25) is 0 Å². The van der Waals surface area contributed by atoms with Gasteiger partial charge in [0.25, 0.3) is 0 Å². The van der Waals surface area contributed by atoms with Gasteiger partial charge in [0.15, 0.2) is 5.65 Å². The van der Waals surface area contributed by atoms with Gasteiger partial charge in [-0.2, -0.15) is 9.61 Å². The minimum atomic E-state index is -0.608. The van der Waals surface area contributed by atoms with Gasteiger partial charge in [0, 0.05) is 41.4 Å². The number of carbonyl (C=O) groups excluding carboxylic acids is 2. The second-order valence-corrected chi connectivity index (χ2v) is 14.8. The Bertz CT molecular complexity index is 1670. The quantitative estimate of drug-likeness (QED) is 0.271. The molecule has 0 spiro atoms. The van der Waals surface area contributed by atoms with Crippen molar-refractivity contribution in [1.29, 1.82) is 0 Å². The Morgan fingerprint density at radius 3 is 2.21 bits per heavy atom. The third-order valence-corrected chi connectivity index (χ3v) is 8.84. The molecule has 0 aromatic carbocycles. The number of anilines is 2. The third kappa shape index (κ3) is 6.59. The lowest BCUT2D eigenvalue weighted by molar-refractivity contribution is 0.00565. The first-order chi connectivity index (χ1) is 22.1. The van der Waals surface area contributed by atoms with Crippen LogP contribution in [0, 0.1) is 0 Å². The predicted octanol–water partition coefficient (Wildman–Crippen LogP) is 6.93. The molecule has 3 atom stereocenters. The van der Waals surface area contributed by atoms with Crippen molar-refractivity contribution in [3.8, 4) is 11.1 Å². The van der Waals surface area contributed by atoms with Crippen LogP contribution in [0.15, 0.2) is 31.1 Å². The van der Waals surface area contributed by atoms with E-state index in [0.29, 0.717) is 35.2 Å².